The number of rotatable bonds is 3. The van der Waals surface area contributed by atoms with Crippen LogP contribution in [0.5, 0.6) is 5.75 Å². The lowest BCUT2D eigenvalue weighted by Crippen LogP contribution is -2.38. The molecule has 2 aromatic rings. The monoisotopic (exact) mass is 350 g/mol. The van der Waals surface area contributed by atoms with E-state index in [1.54, 1.807) is 32.0 Å². The van der Waals surface area contributed by atoms with Crippen LogP contribution in [-0.4, -0.2) is 10.9 Å². The largest absolute Gasteiger partial charge is 0.462 e. The Labute approximate surface area is 146 Å². The van der Waals surface area contributed by atoms with Crippen molar-refractivity contribution in [1.82, 2.24) is 0 Å². The van der Waals surface area contributed by atoms with Crippen LogP contribution in [0.2, 0.25) is 5.02 Å². The van der Waals surface area contributed by atoms with Gasteiger partial charge in [0.05, 0.1) is 11.6 Å². The van der Waals surface area contributed by atoms with Gasteiger partial charge in [-0.15, -0.1) is 0 Å². The van der Waals surface area contributed by atoms with Gasteiger partial charge in [-0.1, -0.05) is 30.7 Å². The van der Waals surface area contributed by atoms with E-state index in [9.17, 15) is 9.50 Å². The predicted molar refractivity (Wildman–Crippen MR) is 90.8 cm³/mol. The molecule has 0 spiro atoms. The normalized spacial score (nSPS) is 18.8. The molecule has 0 aromatic heterocycles. The molecule has 24 heavy (non-hydrogen) atoms. The van der Waals surface area contributed by atoms with Crippen molar-refractivity contribution in [2.75, 3.05) is 0 Å². The minimum atomic E-state index is -0.940. The first-order valence-electron chi connectivity index (χ1n) is 7.93. The number of benzene rings is 2. The Hall–Kier alpha value is -1.62. The third-order valence-corrected chi connectivity index (χ3v) is 4.42. The highest BCUT2D eigenvalue weighted by Crippen LogP contribution is 2.46. The molecule has 0 saturated heterocycles. The third kappa shape index (κ3) is 3.14. The summed E-state index contributed by atoms with van der Waals surface area (Å²) in [5, 5.41) is 9.76. The van der Waals surface area contributed by atoms with Gasteiger partial charge in [0.1, 0.15) is 17.7 Å². The maximum atomic E-state index is 14.6. The van der Waals surface area contributed by atoms with Crippen LogP contribution in [0.15, 0.2) is 30.3 Å². The molecule has 5 heteroatoms. The molecular formula is C19H20ClFO3. The average Bonchev–Trinajstić information content (AvgIpc) is 2.52. The van der Waals surface area contributed by atoms with Crippen LogP contribution in [0.25, 0.3) is 0 Å². The van der Waals surface area contributed by atoms with Crippen molar-refractivity contribution in [3.63, 3.8) is 0 Å². The molecular weight excluding hydrogens is 331 g/mol. The van der Waals surface area contributed by atoms with Gasteiger partial charge in [-0.2, -0.15) is 0 Å². The quantitative estimate of drug-likeness (QED) is 0.866. The van der Waals surface area contributed by atoms with Gasteiger partial charge >= 0.3 is 0 Å². The highest BCUT2D eigenvalue weighted by molar-refractivity contribution is 6.31. The van der Waals surface area contributed by atoms with Gasteiger partial charge in [0, 0.05) is 25.0 Å². The Morgan fingerprint density at radius 3 is 2.58 bits per heavy atom. The van der Waals surface area contributed by atoms with Gasteiger partial charge in [-0.3, -0.25) is 0 Å². The Morgan fingerprint density at radius 2 is 1.96 bits per heavy atom. The lowest BCUT2D eigenvalue weighted by atomic mass is 9.95. The number of hydrogen-bond acceptors (Lipinski definition) is 3. The number of aryl methyl sites for hydroxylation is 1. The second-order valence-electron chi connectivity index (χ2n) is 6.36. The highest BCUT2D eigenvalue weighted by Gasteiger charge is 2.38. The zero-order chi connectivity index (χ0) is 17.5. The van der Waals surface area contributed by atoms with Crippen LogP contribution in [0.3, 0.4) is 0 Å². The summed E-state index contributed by atoms with van der Waals surface area (Å²) in [4.78, 5) is 0. The van der Waals surface area contributed by atoms with Gasteiger partial charge in [0.25, 0.3) is 0 Å². The van der Waals surface area contributed by atoms with E-state index in [-0.39, 0.29) is 12.4 Å². The van der Waals surface area contributed by atoms with Crippen LogP contribution < -0.4 is 4.74 Å². The van der Waals surface area contributed by atoms with E-state index in [4.69, 9.17) is 21.1 Å². The molecule has 1 unspecified atom stereocenters. The van der Waals surface area contributed by atoms with Gasteiger partial charge in [0.2, 0.25) is 5.79 Å². The molecule has 3 rings (SSSR count). The molecule has 0 bridgehead atoms. The smallest absolute Gasteiger partial charge is 0.205 e. The fraction of sp³-hybridized carbons (Fsp3) is 0.368. The van der Waals surface area contributed by atoms with E-state index < -0.39 is 11.9 Å². The van der Waals surface area contributed by atoms with Crippen LogP contribution in [0, 0.1) is 5.82 Å². The van der Waals surface area contributed by atoms with Crippen molar-refractivity contribution in [3.8, 4) is 5.75 Å². The Kier molecular flexibility index (Phi) is 4.56. The molecule has 0 fully saturated rings. The minimum absolute atomic E-state index is 0.151. The average molecular weight is 351 g/mol. The van der Waals surface area contributed by atoms with E-state index in [0.29, 0.717) is 27.5 Å². The first kappa shape index (κ1) is 17.2. The van der Waals surface area contributed by atoms with Gasteiger partial charge in [0.15, 0.2) is 0 Å². The van der Waals surface area contributed by atoms with E-state index >= 15 is 0 Å². The number of hydrogen-bond donors (Lipinski definition) is 1. The number of aliphatic hydroxyl groups is 1. The maximum absolute atomic E-state index is 14.6. The summed E-state index contributed by atoms with van der Waals surface area (Å²) in [7, 11) is 0. The molecule has 128 valence electrons. The van der Waals surface area contributed by atoms with Crippen LogP contribution in [-0.2, 0) is 17.8 Å². The van der Waals surface area contributed by atoms with E-state index in [2.05, 4.69) is 0 Å². The Balaban J connectivity index is 2.16. The van der Waals surface area contributed by atoms with Crippen LogP contribution >= 0.6 is 11.6 Å². The van der Waals surface area contributed by atoms with E-state index in [1.807, 2.05) is 13.0 Å². The lowest BCUT2D eigenvalue weighted by molar-refractivity contribution is -0.196. The molecule has 3 nitrogen and oxygen atoms in total. The van der Waals surface area contributed by atoms with Crippen molar-refractivity contribution < 1.29 is 19.0 Å². The molecule has 2 aromatic carbocycles. The second kappa shape index (κ2) is 6.36. The minimum Gasteiger partial charge on any atom is -0.462 e. The summed E-state index contributed by atoms with van der Waals surface area (Å²) in [5.74, 6) is -0.762. The highest BCUT2D eigenvalue weighted by atomic mass is 35.5. The molecule has 0 saturated carbocycles. The van der Waals surface area contributed by atoms with Crippen molar-refractivity contribution >= 4 is 11.6 Å². The molecule has 1 heterocycles. The van der Waals surface area contributed by atoms with Gasteiger partial charge in [-0.25, -0.2) is 4.39 Å². The number of halogens is 2. The third-order valence-electron chi connectivity index (χ3n) is 4.11. The molecule has 1 aliphatic heterocycles. The first-order valence-corrected chi connectivity index (χ1v) is 8.30. The summed E-state index contributed by atoms with van der Waals surface area (Å²) in [6.07, 6.45) is 0.0871. The molecule has 1 aliphatic rings. The standard InChI is InChI=1S/C19H20ClFO3/c1-4-11-5-6-13(15(21)8-11)18-17-14(20)7-12(10-22)9-16(17)23-19(2,3)24-18/h5-9,18,22H,4,10H2,1-3H3. The second-order valence-corrected chi connectivity index (χ2v) is 6.76. The van der Waals surface area contributed by atoms with E-state index in [0.717, 1.165) is 12.0 Å². The molecule has 1 atom stereocenters. The summed E-state index contributed by atoms with van der Waals surface area (Å²) in [6, 6.07) is 8.52. The van der Waals surface area contributed by atoms with Crippen LogP contribution in [0.1, 0.15) is 49.1 Å². The fourth-order valence-electron chi connectivity index (χ4n) is 2.93. The topological polar surface area (TPSA) is 38.7 Å². The summed E-state index contributed by atoms with van der Waals surface area (Å²) < 4.78 is 26.5. The van der Waals surface area contributed by atoms with Gasteiger partial charge in [-0.05, 0) is 35.7 Å². The van der Waals surface area contributed by atoms with Crippen molar-refractivity contribution in [3.05, 3.63) is 63.4 Å². The van der Waals surface area contributed by atoms with Crippen molar-refractivity contribution in [2.45, 2.75) is 45.7 Å². The summed E-state index contributed by atoms with van der Waals surface area (Å²) >= 11 is 6.38. The number of ether oxygens (including phenoxy) is 2. The molecule has 1 N–H and O–H groups in total. The number of fused-ring (bicyclic) bond motifs is 1. The zero-order valence-corrected chi connectivity index (χ0v) is 14.7. The van der Waals surface area contributed by atoms with Crippen molar-refractivity contribution in [2.24, 2.45) is 0 Å². The first-order chi connectivity index (χ1) is 11.3. The number of aliphatic hydroxyl groups excluding tert-OH is 1. The lowest BCUT2D eigenvalue weighted by Gasteiger charge is -2.38. The SMILES string of the molecule is CCc1ccc(C2OC(C)(C)Oc3cc(CO)cc(Cl)c32)c(F)c1. The predicted octanol–water partition coefficient (Wildman–Crippen LogP) is 4.77. The summed E-state index contributed by atoms with van der Waals surface area (Å²) in [6.45, 7) is 5.36. The van der Waals surface area contributed by atoms with Gasteiger partial charge < -0.3 is 14.6 Å². The molecule has 0 aliphatic carbocycles. The molecule has 0 radical (unpaired) electrons. The van der Waals surface area contributed by atoms with E-state index in [1.165, 1.54) is 6.07 Å². The Bertz CT molecular complexity index is 773. The molecule has 0 amide bonds. The Morgan fingerprint density at radius 1 is 1.21 bits per heavy atom. The summed E-state index contributed by atoms with van der Waals surface area (Å²) in [5.41, 5.74) is 2.56. The van der Waals surface area contributed by atoms with Crippen LogP contribution in [0.4, 0.5) is 4.39 Å². The maximum Gasteiger partial charge on any atom is 0.205 e. The zero-order valence-electron chi connectivity index (χ0n) is 13.9. The fourth-order valence-corrected chi connectivity index (χ4v) is 3.26. The van der Waals surface area contributed by atoms with Crippen molar-refractivity contribution in [1.29, 1.82) is 0 Å².